The molecule has 1 aliphatic heterocycles. The molecule has 1 aliphatic carbocycles. The fourth-order valence-electron chi connectivity index (χ4n) is 3.67. The largest absolute Gasteiger partial charge is 0.385 e. The highest BCUT2D eigenvalue weighted by molar-refractivity contribution is 6.32. The molecule has 3 heterocycles. The van der Waals surface area contributed by atoms with Gasteiger partial charge in [-0.15, -0.1) is 0 Å². The number of fused-ring (bicyclic) bond motifs is 1. The average Bonchev–Trinajstić information content (AvgIpc) is 3.67. The maximum atomic E-state index is 12.2. The lowest BCUT2D eigenvalue weighted by molar-refractivity contribution is 0.156. The molecule has 0 amide bonds. The van der Waals surface area contributed by atoms with E-state index in [9.17, 15) is 4.79 Å². The summed E-state index contributed by atoms with van der Waals surface area (Å²) < 4.78 is 6.90. The quantitative estimate of drug-likeness (QED) is 0.523. The Morgan fingerprint density at radius 1 is 1.24 bits per heavy atom. The number of hydrogen-bond acceptors (Lipinski definition) is 7. The van der Waals surface area contributed by atoms with Crippen molar-refractivity contribution in [2.45, 2.75) is 38.6 Å². The molecule has 2 N–H and O–H groups in total. The van der Waals surface area contributed by atoms with Crippen LogP contribution in [0.4, 0.5) is 23.1 Å². The van der Waals surface area contributed by atoms with Gasteiger partial charge in [0.25, 0.3) is 5.56 Å². The van der Waals surface area contributed by atoms with Gasteiger partial charge in [-0.25, -0.2) is 4.98 Å². The Morgan fingerprint density at radius 3 is 2.67 bits per heavy atom. The summed E-state index contributed by atoms with van der Waals surface area (Å²) in [6.07, 6.45) is 7.17. The zero-order valence-electron chi connectivity index (χ0n) is 19.4. The molecule has 2 fully saturated rings. The van der Waals surface area contributed by atoms with Crippen LogP contribution in [0.25, 0.3) is 10.9 Å². The minimum Gasteiger partial charge on any atom is -0.385 e. The molecule has 0 bridgehead atoms. The van der Waals surface area contributed by atoms with Gasteiger partial charge < -0.3 is 24.8 Å². The Labute approximate surface area is 198 Å². The lowest BCUT2D eigenvalue weighted by Gasteiger charge is -2.40. The number of anilines is 4. The molecule has 1 unspecified atom stereocenters. The first-order valence-corrected chi connectivity index (χ1v) is 11.8. The highest BCUT2D eigenvalue weighted by Gasteiger charge is 2.30. The molecule has 1 saturated carbocycles. The monoisotopic (exact) mass is 470 g/mol. The second-order valence-electron chi connectivity index (χ2n) is 8.36. The van der Waals surface area contributed by atoms with Crippen LogP contribution < -0.4 is 21.1 Å². The topological polar surface area (TPSA) is 84.3 Å². The van der Waals surface area contributed by atoms with E-state index >= 15 is 0 Å². The number of nitrogens with zero attached hydrogens (tertiary/aromatic N) is 4. The van der Waals surface area contributed by atoms with E-state index in [-0.39, 0.29) is 11.6 Å². The van der Waals surface area contributed by atoms with Crippen molar-refractivity contribution in [3.05, 3.63) is 45.8 Å². The lowest BCUT2D eigenvalue weighted by atomic mass is 10.1. The third-order valence-corrected chi connectivity index (χ3v) is 6.00. The summed E-state index contributed by atoms with van der Waals surface area (Å²) in [6, 6.07) is 7.72. The van der Waals surface area contributed by atoms with Gasteiger partial charge >= 0.3 is 0 Å². The summed E-state index contributed by atoms with van der Waals surface area (Å²) in [5, 5.41) is 7.95. The molecule has 3 aromatic rings. The van der Waals surface area contributed by atoms with Crippen molar-refractivity contribution in [3.63, 3.8) is 0 Å². The number of ether oxygens (including phenoxy) is 1. The van der Waals surface area contributed by atoms with Crippen molar-refractivity contribution in [1.29, 1.82) is 0 Å². The van der Waals surface area contributed by atoms with Crippen molar-refractivity contribution in [2.75, 3.05) is 42.3 Å². The van der Waals surface area contributed by atoms with Crippen LogP contribution in [-0.4, -0.2) is 47.4 Å². The first-order valence-electron chi connectivity index (χ1n) is 11.4. The van der Waals surface area contributed by atoms with Crippen molar-refractivity contribution in [1.82, 2.24) is 14.5 Å². The highest BCUT2D eigenvalue weighted by atomic mass is 35.5. The maximum absolute atomic E-state index is 12.2. The molecule has 1 atom stereocenters. The first-order chi connectivity index (χ1) is 16.0. The van der Waals surface area contributed by atoms with Crippen molar-refractivity contribution < 1.29 is 4.74 Å². The summed E-state index contributed by atoms with van der Waals surface area (Å²) in [6.45, 7) is 4.26. The van der Waals surface area contributed by atoms with Crippen LogP contribution in [0.15, 0.2) is 35.3 Å². The first kappa shape index (κ1) is 23.3. The van der Waals surface area contributed by atoms with Gasteiger partial charge in [0.05, 0.1) is 24.4 Å². The molecule has 33 heavy (non-hydrogen) atoms. The number of rotatable bonds is 7. The van der Waals surface area contributed by atoms with Crippen molar-refractivity contribution in [2.24, 2.45) is 7.05 Å². The molecule has 0 spiro atoms. The number of benzene rings is 1. The number of pyridine rings is 1. The SMILES string of the molecule is C1CC1.CCNc1cc(=O)n(C)c2ccc(Nc3nc(N4CCC4COC)ncc3Cl)cc12. The number of halogens is 1. The van der Waals surface area contributed by atoms with E-state index < -0.39 is 0 Å². The summed E-state index contributed by atoms with van der Waals surface area (Å²) >= 11 is 6.37. The zero-order chi connectivity index (χ0) is 23.4. The van der Waals surface area contributed by atoms with Crippen LogP contribution in [0, 0.1) is 0 Å². The van der Waals surface area contributed by atoms with Crippen LogP contribution >= 0.6 is 11.6 Å². The second-order valence-corrected chi connectivity index (χ2v) is 8.77. The predicted molar refractivity (Wildman–Crippen MR) is 135 cm³/mol. The Morgan fingerprint density at radius 2 is 2.03 bits per heavy atom. The van der Waals surface area contributed by atoms with Crippen LogP contribution in [0.5, 0.6) is 0 Å². The zero-order valence-corrected chi connectivity index (χ0v) is 20.2. The van der Waals surface area contributed by atoms with Crippen LogP contribution in [0.2, 0.25) is 5.02 Å². The number of aryl methyl sites for hydroxylation is 1. The van der Waals surface area contributed by atoms with Gasteiger partial charge in [0.1, 0.15) is 5.02 Å². The van der Waals surface area contributed by atoms with Gasteiger partial charge in [0, 0.05) is 50.1 Å². The summed E-state index contributed by atoms with van der Waals surface area (Å²) in [4.78, 5) is 23.4. The van der Waals surface area contributed by atoms with E-state index in [0.717, 1.165) is 41.8 Å². The number of aromatic nitrogens is 3. The molecular formula is C24H31ClN6O2. The molecule has 2 aromatic heterocycles. The molecule has 5 rings (SSSR count). The number of hydrogen-bond donors (Lipinski definition) is 2. The molecule has 8 nitrogen and oxygen atoms in total. The molecule has 176 valence electrons. The minimum atomic E-state index is -0.0530. The standard InChI is InChI=1S/C21H25ClN6O2.C3H6/c1-4-23-17-10-19(29)27(2)18-6-5-13(9-15(17)18)25-20-16(22)11-24-21(26-20)28-8-7-14(28)12-30-3;1-2-3-1/h5-6,9-11,14,23H,4,7-8,12H2,1-3H3,(H,24,25,26);1-3H2. The van der Waals surface area contributed by atoms with Gasteiger partial charge in [-0.3, -0.25) is 4.79 Å². The van der Waals surface area contributed by atoms with Crippen LogP contribution in [0.3, 0.4) is 0 Å². The Kier molecular flexibility index (Phi) is 7.35. The fourth-order valence-corrected chi connectivity index (χ4v) is 3.80. The van der Waals surface area contributed by atoms with Gasteiger partial charge in [0.15, 0.2) is 5.82 Å². The molecule has 2 aliphatic rings. The Balaban J connectivity index is 0.000000799. The summed E-state index contributed by atoms with van der Waals surface area (Å²) in [5.74, 6) is 1.17. The van der Waals surface area contributed by atoms with Crippen molar-refractivity contribution >= 4 is 45.6 Å². The van der Waals surface area contributed by atoms with E-state index in [1.54, 1.807) is 31.0 Å². The van der Waals surface area contributed by atoms with Gasteiger partial charge in [-0.1, -0.05) is 30.9 Å². The van der Waals surface area contributed by atoms with Crippen LogP contribution in [-0.2, 0) is 11.8 Å². The summed E-state index contributed by atoms with van der Waals surface area (Å²) in [7, 11) is 3.47. The average molecular weight is 471 g/mol. The second kappa shape index (κ2) is 10.4. The maximum Gasteiger partial charge on any atom is 0.252 e. The smallest absolute Gasteiger partial charge is 0.252 e. The normalized spacial score (nSPS) is 16.6. The molecule has 0 radical (unpaired) electrons. The molecule has 1 saturated heterocycles. The van der Waals surface area contributed by atoms with E-state index in [2.05, 4.69) is 25.5 Å². The van der Waals surface area contributed by atoms with Gasteiger partial charge in [-0.05, 0) is 31.5 Å². The molecule has 1 aromatic carbocycles. The Hall–Kier alpha value is -2.84. The third-order valence-electron chi connectivity index (χ3n) is 5.72. The molecular weight excluding hydrogens is 440 g/mol. The lowest BCUT2D eigenvalue weighted by Crippen LogP contribution is -2.51. The van der Waals surface area contributed by atoms with E-state index in [1.807, 2.05) is 25.1 Å². The third kappa shape index (κ3) is 5.39. The van der Waals surface area contributed by atoms with Crippen molar-refractivity contribution in [3.8, 4) is 0 Å². The highest BCUT2D eigenvalue weighted by Crippen LogP contribution is 2.31. The predicted octanol–water partition coefficient (Wildman–Crippen LogP) is 4.55. The number of nitrogens with one attached hydrogen (secondary N) is 2. The van der Waals surface area contributed by atoms with Gasteiger partial charge in [-0.2, -0.15) is 4.98 Å². The van der Waals surface area contributed by atoms with Crippen LogP contribution in [0.1, 0.15) is 32.6 Å². The molecule has 9 heteroatoms. The van der Waals surface area contributed by atoms with Gasteiger partial charge in [0.2, 0.25) is 5.95 Å². The Bertz CT molecular complexity index is 1180. The minimum absolute atomic E-state index is 0.0530. The van der Waals surface area contributed by atoms with E-state index in [4.69, 9.17) is 16.3 Å². The summed E-state index contributed by atoms with van der Waals surface area (Å²) in [5.41, 5.74) is 2.42. The number of methoxy groups -OCH3 is 1. The van der Waals surface area contributed by atoms with E-state index in [0.29, 0.717) is 23.4 Å². The van der Waals surface area contributed by atoms with E-state index in [1.165, 1.54) is 19.3 Å². The fraction of sp³-hybridized carbons (Fsp3) is 0.458.